The molecule has 1 aliphatic rings. The fourth-order valence-corrected chi connectivity index (χ4v) is 6.15. The number of rotatable bonds is 4. The Morgan fingerprint density at radius 3 is 2.61 bits per heavy atom. The normalized spacial score (nSPS) is 18.7. The van der Waals surface area contributed by atoms with Crippen molar-refractivity contribution >= 4 is 38.0 Å². The Kier molecular flexibility index (Phi) is 5.04. The molecule has 6 nitrogen and oxygen atoms in total. The second-order valence-corrected chi connectivity index (χ2v) is 10.3. The maximum atomic E-state index is 13.2. The minimum atomic E-state index is -3.88. The van der Waals surface area contributed by atoms with E-state index in [4.69, 9.17) is 4.98 Å². The minimum absolute atomic E-state index is 0.173. The number of aromatic nitrogens is 2. The van der Waals surface area contributed by atoms with Gasteiger partial charge in [-0.3, -0.25) is 0 Å². The molecule has 1 fully saturated rings. The van der Waals surface area contributed by atoms with Gasteiger partial charge >= 0.3 is 0 Å². The van der Waals surface area contributed by atoms with Crippen molar-refractivity contribution in [2.75, 3.05) is 18.0 Å². The van der Waals surface area contributed by atoms with Crippen LogP contribution in [0.5, 0.6) is 0 Å². The van der Waals surface area contributed by atoms with E-state index in [9.17, 15) is 13.7 Å². The number of anilines is 1. The highest BCUT2D eigenvalue weighted by Crippen LogP contribution is 2.36. The Balaban J connectivity index is 1.91. The number of piperidine rings is 1. The van der Waals surface area contributed by atoms with E-state index in [0.717, 1.165) is 37.3 Å². The predicted molar refractivity (Wildman–Crippen MR) is 110 cm³/mol. The number of thiophene rings is 1. The first-order chi connectivity index (χ1) is 13.5. The van der Waals surface area contributed by atoms with Gasteiger partial charge < -0.3 is 4.90 Å². The van der Waals surface area contributed by atoms with E-state index in [-0.39, 0.29) is 9.90 Å². The Labute approximate surface area is 168 Å². The summed E-state index contributed by atoms with van der Waals surface area (Å²) in [4.78, 5) is 11.5. The SMILES string of the molecule is C[C@H]1CCCN(c2nc3ccccc3nc2[C@H](C#N)S(=O)(=O)c2cccs2)C1. The van der Waals surface area contributed by atoms with Crippen molar-refractivity contribution in [3.8, 4) is 6.07 Å². The molecule has 0 spiro atoms. The molecule has 8 heteroatoms. The maximum absolute atomic E-state index is 13.2. The molecular formula is C20H20N4O2S2. The summed E-state index contributed by atoms with van der Waals surface area (Å²) < 4.78 is 26.5. The van der Waals surface area contributed by atoms with Gasteiger partial charge in [0.25, 0.3) is 0 Å². The molecular weight excluding hydrogens is 392 g/mol. The Morgan fingerprint density at radius 1 is 1.21 bits per heavy atom. The zero-order chi connectivity index (χ0) is 19.7. The van der Waals surface area contributed by atoms with E-state index in [1.165, 1.54) is 6.07 Å². The molecule has 1 aromatic carbocycles. The number of fused-ring (bicyclic) bond motifs is 1. The number of sulfone groups is 1. The zero-order valence-electron chi connectivity index (χ0n) is 15.4. The molecule has 28 heavy (non-hydrogen) atoms. The van der Waals surface area contributed by atoms with Crippen LogP contribution < -0.4 is 4.90 Å². The quantitative estimate of drug-likeness (QED) is 0.644. The van der Waals surface area contributed by atoms with Crippen molar-refractivity contribution in [2.45, 2.75) is 29.2 Å². The van der Waals surface area contributed by atoms with Crippen LogP contribution >= 0.6 is 11.3 Å². The highest BCUT2D eigenvalue weighted by atomic mass is 32.2. The standard InChI is InChI=1S/C20H20N4O2S2/c1-14-6-4-10-24(13-14)20-19(22-15-7-2-3-8-16(15)23-20)17(12-21)28(25,26)18-9-5-11-27-18/h2-3,5,7-9,11,14,17H,4,6,10,13H2,1H3/t14-,17-/m0/s1. The summed E-state index contributed by atoms with van der Waals surface area (Å²) in [5.74, 6) is 0.987. The second-order valence-electron chi connectivity index (χ2n) is 7.10. The van der Waals surface area contributed by atoms with Crippen LogP contribution in [0.15, 0.2) is 46.0 Å². The third-order valence-electron chi connectivity index (χ3n) is 4.99. The number of hydrogen-bond donors (Lipinski definition) is 0. The molecule has 0 N–H and O–H groups in total. The highest BCUT2D eigenvalue weighted by Gasteiger charge is 2.36. The number of nitrogens with zero attached hydrogens (tertiary/aromatic N) is 4. The highest BCUT2D eigenvalue weighted by molar-refractivity contribution is 7.93. The van der Waals surface area contributed by atoms with Crippen LogP contribution in [0.25, 0.3) is 11.0 Å². The topological polar surface area (TPSA) is 86.9 Å². The molecule has 0 aliphatic carbocycles. The summed E-state index contributed by atoms with van der Waals surface area (Å²) in [5.41, 5.74) is 1.52. The monoisotopic (exact) mass is 412 g/mol. The molecule has 2 atom stereocenters. The second kappa shape index (κ2) is 7.49. The fourth-order valence-electron chi connectivity index (χ4n) is 3.61. The summed E-state index contributed by atoms with van der Waals surface area (Å²) in [6, 6.07) is 12.6. The predicted octanol–water partition coefficient (Wildman–Crippen LogP) is 3.97. The lowest BCUT2D eigenvalue weighted by molar-refractivity contribution is 0.444. The van der Waals surface area contributed by atoms with Crippen LogP contribution in [0.2, 0.25) is 0 Å². The van der Waals surface area contributed by atoms with E-state index in [0.29, 0.717) is 22.8 Å². The molecule has 3 aromatic rings. The van der Waals surface area contributed by atoms with E-state index in [1.807, 2.05) is 24.3 Å². The number of para-hydroxylation sites is 2. The first kappa shape index (κ1) is 18.8. The molecule has 1 aliphatic heterocycles. The fraction of sp³-hybridized carbons (Fsp3) is 0.350. The van der Waals surface area contributed by atoms with Crippen LogP contribution in [-0.2, 0) is 9.84 Å². The summed E-state index contributed by atoms with van der Waals surface area (Å²) in [6.07, 6.45) is 2.13. The van der Waals surface area contributed by atoms with E-state index < -0.39 is 15.1 Å². The number of benzene rings is 1. The Morgan fingerprint density at radius 2 is 1.96 bits per heavy atom. The van der Waals surface area contributed by atoms with E-state index >= 15 is 0 Å². The van der Waals surface area contributed by atoms with Crippen LogP contribution in [0, 0.1) is 17.2 Å². The molecule has 144 valence electrons. The average molecular weight is 413 g/mol. The van der Waals surface area contributed by atoms with E-state index in [2.05, 4.69) is 16.8 Å². The first-order valence-corrected chi connectivity index (χ1v) is 11.6. The van der Waals surface area contributed by atoms with Crippen LogP contribution in [0.3, 0.4) is 0 Å². The third-order valence-corrected chi connectivity index (χ3v) is 8.28. The number of nitriles is 1. The van der Waals surface area contributed by atoms with Gasteiger partial charge in [-0.25, -0.2) is 18.4 Å². The molecule has 0 saturated carbocycles. The van der Waals surface area contributed by atoms with Gasteiger partial charge in [0, 0.05) is 13.1 Å². The van der Waals surface area contributed by atoms with Gasteiger partial charge in [0.05, 0.1) is 17.1 Å². The lowest BCUT2D eigenvalue weighted by atomic mass is 10.00. The molecule has 0 unspecified atom stereocenters. The van der Waals surface area contributed by atoms with Crippen molar-refractivity contribution in [1.29, 1.82) is 5.26 Å². The molecule has 2 aromatic heterocycles. The van der Waals surface area contributed by atoms with Gasteiger partial charge in [0.2, 0.25) is 9.84 Å². The van der Waals surface area contributed by atoms with Gasteiger partial charge in [-0.1, -0.05) is 25.1 Å². The minimum Gasteiger partial charge on any atom is -0.355 e. The van der Waals surface area contributed by atoms with Gasteiger partial charge in [-0.15, -0.1) is 11.3 Å². The number of hydrogen-bond acceptors (Lipinski definition) is 7. The largest absolute Gasteiger partial charge is 0.355 e. The summed E-state index contributed by atoms with van der Waals surface area (Å²) in [7, 11) is -3.88. The molecule has 1 saturated heterocycles. The zero-order valence-corrected chi connectivity index (χ0v) is 17.1. The van der Waals surface area contributed by atoms with Crippen molar-refractivity contribution in [2.24, 2.45) is 5.92 Å². The summed E-state index contributed by atoms with van der Waals surface area (Å²) in [6.45, 7) is 3.73. The maximum Gasteiger partial charge on any atom is 0.209 e. The third kappa shape index (κ3) is 3.36. The smallest absolute Gasteiger partial charge is 0.209 e. The van der Waals surface area contributed by atoms with Crippen LogP contribution in [0.4, 0.5) is 5.82 Å². The lowest BCUT2D eigenvalue weighted by Crippen LogP contribution is -2.36. The molecule has 0 bridgehead atoms. The molecule has 4 rings (SSSR count). The first-order valence-electron chi connectivity index (χ1n) is 9.19. The van der Waals surface area contributed by atoms with Crippen molar-refractivity contribution in [3.05, 3.63) is 47.5 Å². The summed E-state index contributed by atoms with van der Waals surface area (Å²) >= 11 is 1.11. The van der Waals surface area contributed by atoms with Crippen molar-refractivity contribution in [3.63, 3.8) is 0 Å². The van der Waals surface area contributed by atoms with Crippen molar-refractivity contribution in [1.82, 2.24) is 9.97 Å². The van der Waals surface area contributed by atoms with Gasteiger partial charge in [-0.05, 0) is 42.3 Å². The molecule has 3 heterocycles. The van der Waals surface area contributed by atoms with Gasteiger partial charge in [0.1, 0.15) is 9.90 Å². The molecule has 0 radical (unpaired) electrons. The lowest BCUT2D eigenvalue weighted by Gasteiger charge is -2.33. The van der Waals surface area contributed by atoms with Gasteiger partial charge in [-0.2, -0.15) is 5.26 Å². The Hall–Kier alpha value is -2.50. The Bertz CT molecular complexity index is 1140. The average Bonchev–Trinajstić information content (AvgIpc) is 3.23. The summed E-state index contributed by atoms with van der Waals surface area (Å²) in [5, 5.41) is 10.2. The van der Waals surface area contributed by atoms with E-state index in [1.54, 1.807) is 17.5 Å². The van der Waals surface area contributed by atoms with Crippen LogP contribution in [0.1, 0.15) is 30.7 Å². The van der Waals surface area contributed by atoms with Crippen LogP contribution in [-0.4, -0.2) is 31.5 Å². The van der Waals surface area contributed by atoms with Gasteiger partial charge in [0.15, 0.2) is 11.1 Å². The van der Waals surface area contributed by atoms with Crippen molar-refractivity contribution < 1.29 is 8.42 Å². The molecule has 0 amide bonds.